The average Bonchev–Trinajstić information content (AvgIpc) is 2.47. The lowest BCUT2D eigenvalue weighted by molar-refractivity contribution is -0.147. The first-order valence-electron chi connectivity index (χ1n) is 5.84. The lowest BCUT2D eigenvalue weighted by Gasteiger charge is -2.17. The molecule has 0 bridgehead atoms. The Balaban J connectivity index is 2.26. The minimum Gasteiger partial charge on any atom is -0.356 e. The summed E-state index contributed by atoms with van der Waals surface area (Å²) in [5, 5.41) is 2.27. The molecule has 3 N–H and O–H groups in total. The molecule has 0 unspecified atom stereocenters. The van der Waals surface area contributed by atoms with E-state index in [-0.39, 0.29) is 5.97 Å². The Labute approximate surface area is 113 Å². The van der Waals surface area contributed by atoms with Gasteiger partial charge in [-0.25, -0.2) is 10.6 Å². The second-order valence-corrected chi connectivity index (χ2v) is 6.05. The van der Waals surface area contributed by atoms with E-state index < -0.39 is 7.92 Å². The van der Waals surface area contributed by atoms with E-state index in [2.05, 4.69) is 4.84 Å². The SMILES string of the molecule is NNOC(=O)CP(c1ccccc1)c1ccccc1. The molecular formula is C14H15N2O2P. The van der Waals surface area contributed by atoms with Crippen molar-refractivity contribution in [2.24, 2.45) is 5.84 Å². The maximum Gasteiger partial charge on any atom is 0.331 e. The highest BCUT2D eigenvalue weighted by molar-refractivity contribution is 7.73. The van der Waals surface area contributed by atoms with Crippen molar-refractivity contribution < 1.29 is 9.63 Å². The average molecular weight is 274 g/mol. The maximum atomic E-state index is 11.7. The van der Waals surface area contributed by atoms with Crippen LogP contribution in [0.4, 0.5) is 0 Å². The largest absolute Gasteiger partial charge is 0.356 e. The van der Waals surface area contributed by atoms with Gasteiger partial charge in [0.15, 0.2) is 0 Å². The minimum atomic E-state index is -0.772. The molecule has 0 amide bonds. The lowest BCUT2D eigenvalue weighted by atomic mass is 10.4. The van der Waals surface area contributed by atoms with Gasteiger partial charge in [0.2, 0.25) is 0 Å². The van der Waals surface area contributed by atoms with Crippen molar-refractivity contribution in [3.8, 4) is 0 Å². The monoisotopic (exact) mass is 274 g/mol. The fourth-order valence-electron chi connectivity index (χ4n) is 1.77. The maximum absolute atomic E-state index is 11.7. The number of nitrogens with two attached hydrogens (primary N) is 1. The van der Waals surface area contributed by atoms with Gasteiger partial charge in [0.05, 0.1) is 6.16 Å². The number of carbonyl (C=O) groups is 1. The van der Waals surface area contributed by atoms with Crippen LogP contribution in [0.15, 0.2) is 60.7 Å². The minimum absolute atomic E-state index is 0.299. The molecule has 0 spiro atoms. The second-order valence-electron chi connectivity index (χ2n) is 3.85. The summed E-state index contributed by atoms with van der Waals surface area (Å²) in [6.07, 6.45) is 0.299. The Morgan fingerprint density at radius 1 is 1.00 bits per heavy atom. The third kappa shape index (κ3) is 3.86. The van der Waals surface area contributed by atoms with E-state index in [1.54, 1.807) is 0 Å². The third-order valence-electron chi connectivity index (χ3n) is 2.60. The zero-order valence-electron chi connectivity index (χ0n) is 10.3. The molecule has 98 valence electrons. The summed E-state index contributed by atoms with van der Waals surface area (Å²) in [5.41, 5.74) is 1.94. The molecule has 0 fully saturated rings. The molecule has 0 aliphatic carbocycles. The molecule has 0 aromatic heterocycles. The van der Waals surface area contributed by atoms with Crippen molar-refractivity contribution in [1.29, 1.82) is 0 Å². The first-order valence-corrected chi connectivity index (χ1v) is 7.37. The van der Waals surface area contributed by atoms with Gasteiger partial charge in [-0.2, -0.15) is 0 Å². The first-order chi connectivity index (χ1) is 9.31. The van der Waals surface area contributed by atoms with Crippen LogP contribution >= 0.6 is 7.92 Å². The molecule has 0 radical (unpaired) electrons. The molecule has 5 heteroatoms. The van der Waals surface area contributed by atoms with Gasteiger partial charge < -0.3 is 4.84 Å². The molecule has 2 aromatic carbocycles. The van der Waals surface area contributed by atoms with Crippen LogP contribution in [0.2, 0.25) is 0 Å². The summed E-state index contributed by atoms with van der Waals surface area (Å²) in [5.74, 6) is 4.64. The molecule has 19 heavy (non-hydrogen) atoms. The summed E-state index contributed by atoms with van der Waals surface area (Å²) in [7, 11) is -0.772. The van der Waals surface area contributed by atoms with Crippen molar-refractivity contribution >= 4 is 24.5 Å². The summed E-state index contributed by atoms with van der Waals surface area (Å²) in [4.78, 5) is 16.3. The highest BCUT2D eigenvalue weighted by Gasteiger charge is 2.18. The zero-order chi connectivity index (χ0) is 13.5. The van der Waals surface area contributed by atoms with Crippen molar-refractivity contribution in [2.75, 3.05) is 6.16 Å². The highest BCUT2D eigenvalue weighted by atomic mass is 31.1. The van der Waals surface area contributed by atoms with Gasteiger partial charge in [0.25, 0.3) is 0 Å². The van der Waals surface area contributed by atoms with E-state index in [1.165, 1.54) is 0 Å². The van der Waals surface area contributed by atoms with Crippen molar-refractivity contribution in [1.82, 2.24) is 5.59 Å². The second kappa shape index (κ2) is 7.00. The van der Waals surface area contributed by atoms with Gasteiger partial charge in [0, 0.05) is 0 Å². The molecule has 4 nitrogen and oxygen atoms in total. The molecule has 2 rings (SSSR count). The quantitative estimate of drug-likeness (QED) is 0.486. The number of nitrogens with one attached hydrogen (secondary N) is 1. The zero-order valence-corrected chi connectivity index (χ0v) is 11.2. The van der Waals surface area contributed by atoms with Gasteiger partial charge in [0.1, 0.15) is 0 Å². The normalized spacial score (nSPS) is 10.4. The molecule has 0 saturated carbocycles. The Morgan fingerprint density at radius 2 is 1.47 bits per heavy atom. The topological polar surface area (TPSA) is 64.3 Å². The van der Waals surface area contributed by atoms with E-state index in [9.17, 15) is 4.79 Å². The van der Waals surface area contributed by atoms with Gasteiger partial charge >= 0.3 is 5.97 Å². The number of benzene rings is 2. The van der Waals surface area contributed by atoms with E-state index >= 15 is 0 Å². The molecule has 0 saturated heterocycles. The van der Waals surface area contributed by atoms with E-state index in [0.717, 1.165) is 10.6 Å². The summed E-state index contributed by atoms with van der Waals surface area (Å²) < 4.78 is 0. The van der Waals surface area contributed by atoms with Crippen LogP contribution in [0.1, 0.15) is 0 Å². The van der Waals surface area contributed by atoms with Crippen molar-refractivity contribution in [3.05, 3.63) is 60.7 Å². The standard InChI is InChI=1S/C14H15N2O2P/c15-16-18-14(17)11-19(12-7-3-1-4-8-12)13-9-5-2-6-10-13/h1-10,16H,11,15H2. The number of rotatable bonds is 5. The summed E-state index contributed by atoms with van der Waals surface area (Å²) in [6, 6.07) is 19.9. The van der Waals surface area contributed by atoms with Crippen LogP contribution in [0, 0.1) is 0 Å². The fourth-order valence-corrected chi connectivity index (χ4v) is 3.82. The van der Waals surface area contributed by atoms with Crippen LogP contribution in [0.25, 0.3) is 0 Å². The van der Waals surface area contributed by atoms with Gasteiger partial charge in [-0.1, -0.05) is 66.3 Å². The van der Waals surface area contributed by atoms with E-state index in [4.69, 9.17) is 5.84 Å². The van der Waals surface area contributed by atoms with Crippen LogP contribution in [-0.4, -0.2) is 12.1 Å². The highest BCUT2D eigenvalue weighted by Crippen LogP contribution is 2.33. The van der Waals surface area contributed by atoms with E-state index in [1.807, 2.05) is 66.3 Å². The van der Waals surface area contributed by atoms with E-state index in [0.29, 0.717) is 6.16 Å². The smallest absolute Gasteiger partial charge is 0.331 e. The molecular weight excluding hydrogens is 259 g/mol. The molecule has 0 aliphatic heterocycles. The number of carbonyl (C=O) groups excluding carboxylic acids is 1. The van der Waals surface area contributed by atoms with Crippen LogP contribution in [0.3, 0.4) is 0 Å². The summed E-state index contributed by atoms with van der Waals surface area (Å²) in [6.45, 7) is 0. The lowest BCUT2D eigenvalue weighted by Crippen LogP contribution is -2.29. The van der Waals surface area contributed by atoms with Crippen molar-refractivity contribution in [3.63, 3.8) is 0 Å². The Morgan fingerprint density at radius 3 is 1.89 bits per heavy atom. The third-order valence-corrected chi connectivity index (χ3v) is 5.01. The Hall–Kier alpha value is -1.74. The summed E-state index contributed by atoms with van der Waals surface area (Å²) >= 11 is 0. The van der Waals surface area contributed by atoms with Gasteiger partial charge in [-0.3, -0.25) is 0 Å². The van der Waals surface area contributed by atoms with Crippen LogP contribution in [-0.2, 0) is 9.63 Å². The van der Waals surface area contributed by atoms with Gasteiger partial charge in [-0.15, -0.1) is 0 Å². The number of hydrazine groups is 1. The van der Waals surface area contributed by atoms with Crippen LogP contribution < -0.4 is 22.0 Å². The molecule has 2 aromatic rings. The Bertz CT molecular complexity index is 480. The molecule has 0 atom stereocenters. The van der Waals surface area contributed by atoms with Gasteiger partial charge in [-0.05, 0) is 18.5 Å². The fraction of sp³-hybridized carbons (Fsp3) is 0.0714. The van der Waals surface area contributed by atoms with Crippen LogP contribution in [0.5, 0.6) is 0 Å². The number of hydrogen-bond donors (Lipinski definition) is 2. The Kier molecular flexibility index (Phi) is 5.04. The predicted molar refractivity (Wildman–Crippen MR) is 77.4 cm³/mol. The molecule has 0 heterocycles. The predicted octanol–water partition coefficient (Wildman–Crippen LogP) is 1.04. The molecule has 0 aliphatic rings. The van der Waals surface area contributed by atoms with Crippen molar-refractivity contribution in [2.45, 2.75) is 0 Å². The number of hydrogen-bond acceptors (Lipinski definition) is 4. The first kappa shape index (κ1) is 13.7.